The van der Waals surface area contributed by atoms with Crippen LogP contribution in [0.1, 0.15) is 46.6 Å². The van der Waals surface area contributed by atoms with Gasteiger partial charge in [-0.15, -0.1) is 21.5 Å². The third-order valence-corrected chi connectivity index (χ3v) is 8.41. The van der Waals surface area contributed by atoms with E-state index >= 15 is 0 Å². The van der Waals surface area contributed by atoms with Gasteiger partial charge in [0.05, 0.1) is 18.9 Å². The van der Waals surface area contributed by atoms with E-state index in [1.807, 2.05) is 29.2 Å². The number of benzene rings is 1. The van der Waals surface area contributed by atoms with Crippen LogP contribution in [0.25, 0.3) is 5.00 Å². The molecule has 0 N–H and O–H groups in total. The van der Waals surface area contributed by atoms with Gasteiger partial charge >= 0.3 is 0 Å². The first kappa shape index (κ1) is 21.9. The molecule has 0 bridgehead atoms. The number of morpholine rings is 1. The molecule has 1 fully saturated rings. The molecule has 1 aromatic carbocycles. The smallest absolute Gasteiger partial charge is 0.226 e. The number of halogens is 1. The van der Waals surface area contributed by atoms with Gasteiger partial charge in [0.15, 0.2) is 5.82 Å². The highest BCUT2D eigenvalue weighted by Gasteiger charge is 2.38. The van der Waals surface area contributed by atoms with E-state index in [1.165, 1.54) is 10.4 Å². The number of hydrogen-bond donors (Lipinski definition) is 0. The van der Waals surface area contributed by atoms with Crippen LogP contribution in [0.5, 0.6) is 0 Å². The van der Waals surface area contributed by atoms with Gasteiger partial charge in [-0.25, -0.2) is 0 Å². The number of aryl methyl sites for hydroxylation is 1. The topological polar surface area (TPSA) is 72.6 Å². The Kier molecular flexibility index (Phi) is 5.75. The molecule has 9 heteroatoms. The molecular weight excluding hydrogens is 470 g/mol. The summed E-state index contributed by atoms with van der Waals surface area (Å²) in [7, 11) is 0. The standard InChI is InChI=1S/C25H26ClN5O2S/c1-2-5-20-28-29-21-14-27-23(16-6-3-4-7-18(16)26)22-17-12-15(13-19(17)34-25(22)31(20)21)24(32)30-8-10-33-11-9-30/h3-4,6-7,15H,2,5,8-14H2,1H3. The fourth-order valence-corrected chi connectivity index (χ4v) is 6.89. The van der Waals surface area contributed by atoms with Crippen LogP contribution in [0.2, 0.25) is 5.02 Å². The average Bonchev–Trinajstić information content (AvgIpc) is 3.51. The maximum Gasteiger partial charge on any atom is 0.226 e. The lowest BCUT2D eigenvalue weighted by Crippen LogP contribution is -2.44. The molecule has 7 nitrogen and oxygen atoms in total. The largest absolute Gasteiger partial charge is 0.378 e. The van der Waals surface area contributed by atoms with Crippen molar-refractivity contribution in [2.75, 3.05) is 26.3 Å². The Labute approximate surface area is 207 Å². The Hall–Kier alpha value is -2.55. The number of carbonyl (C=O) groups is 1. The number of rotatable bonds is 4. The molecule has 1 saturated heterocycles. The molecule has 4 heterocycles. The maximum absolute atomic E-state index is 13.3. The minimum absolute atomic E-state index is 0.0316. The minimum atomic E-state index is -0.0316. The van der Waals surface area contributed by atoms with Crippen LogP contribution in [-0.4, -0.2) is 57.6 Å². The van der Waals surface area contributed by atoms with Gasteiger partial charge in [-0.2, -0.15) is 0 Å². The number of amides is 1. The summed E-state index contributed by atoms with van der Waals surface area (Å²) < 4.78 is 7.65. The van der Waals surface area contributed by atoms with Crippen LogP contribution in [0.4, 0.5) is 0 Å². The zero-order valence-corrected chi connectivity index (χ0v) is 20.7. The van der Waals surface area contributed by atoms with Gasteiger partial charge in [0, 0.05) is 46.5 Å². The van der Waals surface area contributed by atoms with Crippen molar-refractivity contribution < 1.29 is 9.53 Å². The van der Waals surface area contributed by atoms with Crippen LogP contribution in [0.15, 0.2) is 29.3 Å². The third kappa shape index (κ3) is 3.59. The van der Waals surface area contributed by atoms with Crippen LogP contribution in [-0.2, 0) is 35.3 Å². The Bertz CT molecular complexity index is 1290. The van der Waals surface area contributed by atoms with Crippen molar-refractivity contribution in [2.45, 2.75) is 39.2 Å². The third-order valence-electron chi connectivity index (χ3n) is 6.84. The first-order chi connectivity index (χ1) is 16.7. The van der Waals surface area contributed by atoms with Gasteiger partial charge in [0.25, 0.3) is 0 Å². The molecule has 0 saturated carbocycles. The van der Waals surface area contributed by atoms with Crippen LogP contribution < -0.4 is 0 Å². The summed E-state index contributed by atoms with van der Waals surface area (Å²) in [6.07, 6.45) is 3.34. The number of nitrogens with zero attached hydrogens (tertiary/aromatic N) is 5. The second kappa shape index (κ2) is 8.91. The van der Waals surface area contributed by atoms with E-state index in [4.69, 9.17) is 21.3 Å². The molecule has 1 unspecified atom stereocenters. The molecule has 2 aromatic heterocycles. The molecule has 6 rings (SSSR count). The van der Waals surface area contributed by atoms with Crippen molar-refractivity contribution in [3.63, 3.8) is 0 Å². The number of carbonyl (C=O) groups excluding carboxylic acids is 1. The second-order valence-electron chi connectivity index (χ2n) is 8.99. The molecule has 1 atom stereocenters. The van der Waals surface area contributed by atoms with Gasteiger partial charge in [0.1, 0.15) is 17.4 Å². The van der Waals surface area contributed by atoms with Gasteiger partial charge in [-0.1, -0.05) is 36.7 Å². The summed E-state index contributed by atoms with van der Waals surface area (Å²) in [5.41, 5.74) is 4.14. The lowest BCUT2D eigenvalue weighted by Gasteiger charge is -2.29. The highest BCUT2D eigenvalue weighted by molar-refractivity contribution is 7.15. The summed E-state index contributed by atoms with van der Waals surface area (Å²) in [5, 5.41) is 10.8. The number of aromatic nitrogens is 3. The molecular formula is C25H26ClN5O2S. The predicted molar refractivity (Wildman–Crippen MR) is 132 cm³/mol. The quantitative estimate of drug-likeness (QED) is 0.551. The molecule has 0 spiro atoms. The van der Waals surface area contributed by atoms with Gasteiger partial charge in [0.2, 0.25) is 5.91 Å². The van der Waals surface area contributed by atoms with Crippen molar-refractivity contribution in [3.8, 4) is 5.00 Å². The van der Waals surface area contributed by atoms with Crippen LogP contribution in [0.3, 0.4) is 0 Å². The van der Waals surface area contributed by atoms with Gasteiger partial charge in [-0.05, 0) is 30.9 Å². The summed E-state index contributed by atoms with van der Waals surface area (Å²) in [4.78, 5) is 21.6. The maximum atomic E-state index is 13.3. The first-order valence-corrected chi connectivity index (χ1v) is 13.1. The lowest BCUT2D eigenvalue weighted by atomic mass is 9.97. The zero-order chi connectivity index (χ0) is 23.2. The predicted octanol–water partition coefficient (Wildman–Crippen LogP) is 3.86. The van der Waals surface area contributed by atoms with Crippen molar-refractivity contribution in [3.05, 3.63) is 62.5 Å². The molecule has 3 aliphatic rings. The lowest BCUT2D eigenvalue weighted by molar-refractivity contribution is -0.139. The molecule has 34 heavy (non-hydrogen) atoms. The number of hydrogen-bond acceptors (Lipinski definition) is 6. The van der Waals surface area contributed by atoms with E-state index in [-0.39, 0.29) is 11.8 Å². The Balaban J connectivity index is 1.45. The number of thiophene rings is 1. The fraction of sp³-hybridized carbons (Fsp3) is 0.440. The van der Waals surface area contributed by atoms with E-state index in [1.54, 1.807) is 11.3 Å². The Morgan fingerprint density at radius 2 is 2.03 bits per heavy atom. The Morgan fingerprint density at radius 1 is 1.21 bits per heavy atom. The highest BCUT2D eigenvalue weighted by Crippen LogP contribution is 2.44. The normalized spacial score (nSPS) is 19.3. The van der Waals surface area contributed by atoms with Crippen molar-refractivity contribution >= 4 is 34.6 Å². The molecule has 3 aromatic rings. The van der Waals surface area contributed by atoms with Gasteiger partial charge in [-0.3, -0.25) is 14.4 Å². The average molecular weight is 496 g/mol. The van der Waals surface area contributed by atoms with Crippen molar-refractivity contribution in [1.29, 1.82) is 0 Å². The minimum Gasteiger partial charge on any atom is -0.378 e. The van der Waals surface area contributed by atoms with E-state index in [2.05, 4.69) is 21.7 Å². The monoisotopic (exact) mass is 495 g/mol. The van der Waals surface area contributed by atoms with E-state index < -0.39 is 0 Å². The summed E-state index contributed by atoms with van der Waals surface area (Å²) in [6.45, 7) is 5.20. The molecule has 1 aliphatic carbocycles. The second-order valence-corrected chi connectivity index (χ2v) is 10.5. The molecule has 2 aliphatic heterocycles. The number of ether oxygens (including phenoxy) is 1. The Morgan fingerprint density at radius 3 is 2.82 bits per heavy atom. The van der Waals surface area contributed by atoms with Crippen LogP contribution in [0, 0.1) is 5.92 Å². The summed E-state index contributed by atoms with van der Waals surface area (Å²) in [5.74, 6) is 2.03. The summed E-state index contributed by atoms with van der Waals surface area (Å²) >= 11 is 8.42. The summed E-state index contributed by atoms with van der Waals surface area (Å²) in [6, 6.07) is 7.87. The molecule has 1 amide bonds. The van der Waals surface area contributed by atoms with E-state index in [0.29, 0.717) is 37.9 Å². The highest BCUT2D eigenvalue weighted by atomic mass is 35.5. The first-order valence-electron chi connectivity index (χ1n) is 11.9. The van der Waals surface area contributed by atoms with Crippen molar-refractivity contribution in [2.24, 2.45) is 10.9 Å². The SMILES string of the molecule is CCCc1nnc2n1-c1sc3c(c1C(c1ccccc1Cl)=NC2)CC(C(=O)N1CCOCC1)C3. The zero-order valence-electron chi connectivity index (χ0n) is 19.1. The van der Waals surface area contributed by atoms with E-state index in [0.717, 1.165) is 59.2 Å². The molecule has 0 radical (unpaired) electrons. The number of aliphatic imine (C=N–C) groups is 1. The van der Waals surface area contributed by atoms with E-state index in [9.17, 15) is 4.79 Å². The van der Waals surface area contributed by atoms with Gasteiger partial charge < -0.3 is 9.64 Å². The molecule has 176 valence electrons. The fourth-order valence-electron chi connectivity index (χ4n) is 5.22. The van der Waals surface area contributed by atoms with Crippen LogP contribution >= 0.6 is 22.9 Å². The number of fused-ring (bicyclic) bond motifs is 5. The van der Waals surface area contributed by atoms with Crippen molar-refractivity contribution in [1.82, 2.24) is 19.7 Å².